The molecule has 34 heavy (non-hydrogen) atoms. The summed E-state index contributed by atoms with van der Waals surface area (Å²) in [5.74, 6) is -4.00. The van der Waals surface area contributed by atoms with Gasteiger partial charge in [-0.2, -0.15) is 0 Å². The summed E-state index contributed by atoms with van der Waals surface area (Å²) in [6.07, 6.45) is 2.24. The molecule has 1 aliphatic heterocycles. The highest BCUT2D eigenvalue weighted by Gasteiger charge is 2.40. The number of aliphatic carboxylic acids is 2. The number of carboxylic acid groups (broad SMARTS) is 2. The minimum atomic E-state index is -1.31. The predicted molar refractivity (Wildman–Crippen MR) is 122 cm³/mol. The minimum Gasteiger partial charge on any atom is -0.481 e. The van der Waals surface area contributed by atoms with E-state index in [2.05, 4.69) is 5.32 Å². The van der Waals surface area contributed by atoms with Crippen molar-refractivity contribution in [3.8, 4) is 0 Å². The summed E-state index contributed by atoms with van der Waals surface area (Å²) in [4.78, 5) is 64.0. The van der Waals surface area contributed by atoms with Crippen LogP contribution in [-0.4, -0.2) is 106 Å². The van der Waals surface area contributed by atoms with Crippen LogP contribution in [0.1, 0.15) is 32.1 Å². The lowest BCUT2D eigenvalue weighted by Crippen LogP contribution is -2.61. The number of rotatable bonds is 9. The first kappa shape index (κ1) is 28.9. The Balaban J connectivity index is 0.00000578. The number of likely N-dealkylation sites (N-methyl/N-ethyl adjacent to an activating group) is 1. The Morgan fingerprint density at radius 2 is 1.74 bits per heavy atom. The number of halogens is 1. The molecule has 0 radical (unpaired) electrons. The Morgan fingerprint density at radius 1 is 1.12 bits per heavy atom. The zero-order valence-electron chi connectivity index (χ0n) is 19.1. The normalized spacial score (nSPS) is 22.4. The van der Waals surface area contributed by atoms with Crippen LogP contribution in [0.4, 0.5) is 0 Å². The van der Waals surface area contributed by atoms with Crippen molar-refractivity contribution in [3.05, 3.63) is 0 Å². The van der Waals surface area contributed by atoms with Crippen LogP contribution in [0.2, 0.25) is 0 Å². The van der Waals surface area contributed by atoms with Gasteiger partial charge in [-0.05, 0) is 31.6 Å². The smallest absolute Gasteiger partial charge is 0.323 e. The second-order valence-electron chi connectivity index (χ2n) is 8.56. The summed E-state index contributed by atoms with van der Waals surface area (Å²) in [6.45, 7) is -0.320. The van der Waals surface area contributed by atoms with E-state index in [1.807, 2.05) is 0 Å². The number of amides is 3. The Labute approximate surface area is 203 Å². The lowest BCUT2D eigenvalue weighted by molar-refractivity contribution is -0.159. The molecule has 1 atom stereocenters. The zero-order valence-corrected chi connectivity index (χ0v) is 19.9. The molecular weight excluding hydrogens is 472 g/mol. The maximum atomic E-state index is 12.9. The van der Waals surface area contributed by atoms with Gasteiger partial charge in [0.1, 0.15) is 12.6 Å². The second-order valence-corrected chi connectivity index (χ2v) is 8.56. The van der Waals surface area contributed by atoms with Crippen LogP contribution >= 0.6 is 12.4 Å². The summed E-state index contributed by atoms with van der Waals surface area (Å²) in [5, 5.41) is 28.1. The van der Waals surface area contributed by atoms with Crippen LogP contribution in [-0.2, 0) is 24.0 Å². The fraction of sp³-hybridized carbons (Fsp3) is 0.700. The summed E-state index contributed by atoms with van der Waals surface area (Å²) >= 11 is 0. The van der Waals surface area contributed by atoms with Crippen molar-refractivity contribution >= 4 is 48.0 Å². The highest BCUT2D eigenvalue weighted by molar-refractivity contribution is 5.94. The molecule has 0 aromatic heterocycles. The average molecular weight is 505 g/mol. The number of carboxylic acids is 2. The molecule has 1 heterocycles. The molecular formula is C20H33ClN6O7. The molecule has 2 rings (SSSR count). The van der Waals surface area contributed by atoms with Crippen molar-refractivity contribution < 1.29 is 34.2 Å². The molecule has 1 aliphatic carbocycles. The Kier molecular flexibility index (Phi) is 11.0. The van der Waals surface area contributed by atoms with Crippen molar-refractivity contribution in [2.75, 3.05) is 39.8 Å². The number of guanidine groups is 1. The van der Waals surface area contributed by atoms with Crippen LogP contribution in [0.5, 0.6) is 0 Å². The van der Waals surface area contributed by atoms with Crippen molar-refractivity contribution in [1.29, 1.82) is 5.41 Å². The molecule has 0 aromatic rings. The summed E-state index contributed by atoms with van der Waals surface area (Å²) in [5.41, 5.74) is 5.30. The SMILES string of the molecule is CN(CC(=O)N1CCN(CC(=O)O)C(=O)[C@@H]1CC(=O)O)C(=O)[C@H]1CC[C@H](CNC(=N)N)CC1.Cl. The molecule has 2 fully saturated rings. The van der Waals surface area contributed by atoms with E-state index in [-0.39, 0.29) is 49.8 Å². The lowest BCUT2D eigenvalue weighted by atomic mass is 9.81. The van der Waals surface area contributed by atoms with Crippen molar-refractivity contribution in [1.82, 2.24) is 20.0 Å². The predicted octanol–water partition coefficient (Wildman–Crippen LogP) is -1.25. The highest BCUT2D eigenvalue weighted by Crippen LogP contribution is 2.29. The molecule has 3 amide bonds. The van der Waals surface area contributed by atoms with Gasteiger partial charge in [-0.25, -0.2) is 0 Å². The van der Waals surface area contributed by atoms with Crippen molar-refractivity contribution in [3.63, 3.8) is 0 Å². The molecule has 2 aliphatic rings. The topological polar surface area (TPSA) is 197 Å². The molecule has 0 unspecified atom stereocenters. The first-order chi connectivity index (χ1) is 15.5. The fourth-order valence-corrected chi connectivity index (χ4v) is 4.37. The molecule has 192 valence electrons. The molecule has 1 saturated heterocycles. The van der Waals surface area contributed by atoms with E-state index in [0.29, 0.717) is 25.3 Å². The van der Waals surface area contributed by atoms with E-state index in [4.69, 9.17) is 21.4 Å². The Morgan fingerprint density at radius 3 is 2.26 bits per heavy atom. The van der Waals surface area contributed by atoms with Crippen LogP contribution in [0.3, 0.4) is 0 Å². The van der Waals surface area contributed by atoms with E-state index < -0.39 is 42.8 Å². The highest BCUT2D eigenvalue weighted by atomic mass is 35.5. The van der Waals surface area contributed by atoms with Gasteiger partial charge < -0.3 is 36.0 Å². The third kappa shape index (κ3) is 8.04. The van der Waals surface area contributed by atoms with Crippen LogP contribution in [0.15, 0.2) is 0 Å². The van der Waals surface area contributed by atoms with Crippen LogP contribution < -0.4 is 11.1 Å². The van der Waals surface area contributed by atoms with Gasteiger partial charge >= 0.3 is 11.9 Å². The Bertz CT molecular complexity index is 802. The number of nitrogens with two attached hydrogens (primary N) is 1. The number of piperazine rings is 1. The number of nitrogens with zero attached hydrogens (tertiary/aromatic N) is 3. The van der Waals surface area contributed by atoms with Gasteiger partial charge in [0.2, 0.25) is 17.7 Å². The fourth-order valence-electron chi connectivity index (χ4n) is 4.37. The second kappa shape index (κ2) is 13.0. The molecule has 14 heteroatoms. The first-order valence-electron chi connectivity index (χ1n) is 10.8. The lowest BCUT2D eigenvalue weighted by Gasteiger charge is -2.40. The first-order valence-corrected chi connectivity index (χ1v) is 10.8. The van der Waals surface area contributed by atoms with Crippen molar-refractivity contribution in [2.24, 2.45) is 17.6 Å². The van der Waals surface area contributed by atoms with E-state index in [1.165, 1.54) is 11.9 Å². The van der Waals surface area contributed by atoms with Gasteiger partial charge in [-0.1, -0.05) is 0 Å². The van der Waals surface area contributed by atoms with Gasteiger partial charge in [0.15, 0.2) is 5.96 Å². The largest absolute Gasteiger partial charge is 0.481 e. The van der Waals surface area contributed by atoms with E-state index in [0.717, 1.165) is 22.6 Å². The third-order valence-electron chi connectivity index (χ3n) is 6.12. The molecule has 0 spiro atoms. The van der Waals surface area contributed by atoms with Crippen molar-refractivity contribution in [2.45, 2.75) is 38.1 Å². The molecule has 6 N–H and O–H groups in total. The average Bonchev–Trinajstić information content (AvgIpc) is 2.74. The van der Waals surface area contributed by atoms with Crippen LogP contribution in [0, 0.1) is 17.2 Å². The Hall–Kier alpha value is -3.09. The molecule has 1 saturated carbocycles. The van der Waals surface area contributed by atoms with Gasteiger partial charge in [0.25, 0.3) is 0 Å². The number of carbonyl (C=O) groups excluding carboxylic acids is 3. The minimum absolute atomic E-state index is 0. The van der Waals surface area contributed by atoms with Gasteiger partial charge in [0.05, 0.1) is 13.0 Å². The number of hydrogen-bond donors (Lipinski definition) is 5. The van der Waals surface area contributed by atoms with E-state index in [1.54, 1.807) is 0 Å². The molecule has 0 aromatic carbocycles. The van der Waals surface area contributed by atoms with Gasteiger partial charge in [0, 0.05) is 32.6 Å². The quantitative estimate of drug-likeness (QED) is 0.188. The zero-order chi connectivity index (χ0) is 24.7. The van der Waals surface area contributed by atoms with Gasteiger partial charge in [-0.15, -0.1) is 12.4 Å². The number of carbonyl (C=O) groups is 5. The molecule has 13 nitrogen and oxygen atoms in total. The third-order valence-corrected chi connectivity index (χ3v) is 6.12. The molecule has 0 bridgehead atoms. The standard InChI is InChI=1S/C20H32N6O7.ClH/c1-24(18(32)13-4-2-12(3-5-13)9-23-20(21)22)10-15(27)26-7-6-25(11-17(30)31)19(33)14(26)8-16(28)29;/h12-14H,2-11H2,1H3,(H,28,29)(H,30,31)(H4,21,22,23);1H/t12-,13-,14-;/m0./s1. The summed E-state index contributed by atoms with van der Waals surface area (Å²) in [6, 6.07) is -1.31. The van der Waals surface area contributed by atoms with E-state index in [9.17, 15) is 24.0 Å². The number of nitrogens with one attached hydrogen (secondary N) is 2. The monoisotopic (exact) mass is 504 g/mol. The summed E-state index contributed by atoms with van der Waals surface area (Å²) in [7, 11) is 1.50. The van der Waals surface area contributed by atoms with Crippen LogP contribution in [0.25, 0.3) is 0 Å². The summed E-state index contributed by atoms with van der Waals surface area (Å²) < 4.78 is 0. The number of hydrogen-bond acceptors (Lipinski definition) is 6. The van der Waals surface area contributed by atoms with Gasteiger partial charge in [-0.3, -0.25) is 29.4 Å². The maximum absolute atomic E-state index is 12.9. The maximum Gasteiger partial charge on any atom is 0.323 e. The van der Waals surface area contributed by atoms with E-state index >= 15 is 0 Å².